The molecule has 0 saturated carbocycles. The Labute approximate surface area is 112 Å². The smallest absolute Gasteiger partial charge is 0.336 e. The van der Waals surface area contributed by atoms with Crippen LogP contribution in [0.2, 0.25) is 0 Å². The van der Waals surface area contributed by atoms with Crippen molar-refractivity contribution >= 4 is 35.3 Å². The number of hydrogen-bond acceptors (Lipinski definition) is 4. The molecule has 2 N–H and O–H groups in total. The van der Waals surface area contributed by atoms with Crippen LogP contribution < -0.4 is 0 Å². The van der Waals surface area contributed by atoms with E-state index in [0.29, 0.717) is 12.6 Å². The van der Waals surface area contributed by atoms with Gasteiger partial charge in [0.25, 0.3) is 0 Å². The molecule has 6 nitrogen and oxygen atoms in total. The second-order valence-electron chi connectivity index (χ2n) is 4.00. The fourth-order valence-corrected chi connectivity index (χ4v) is 2.10. The molecule has 6 heteroatoms. The lowest BCUT2D eigenvalue weighted by Crippen LogP contribution is -2.06. The molecular formula is C14H8O6. The topological polar surface area (TPSA) is 109 Å². The first-order valence-corrected chi connectivity index (χ1v) is 5.48. The van der Waals surface area contributed by atoms with E-state index in [1.807, 2.05) is 0 Å². The van der Waals surface area contributed by atoms with Crippen molar-refractivity contribution in [1.29, 1.82) is 0 Å². The molecular weight excluding hydrogens is 264 g/mol. The van der Waals surface area contributed by atoms with Gasteiger partial charge in [-0.15, -0.1) is 0 Å². The van der Waals surface area contributed by atoms with Gasteiger partial charge in [-0.2, -0.15) is 0 Å². The van der Waals surface area contributed by atoms with Gasteiger partial charge in [0, 0.05) is 21.9 Å². The third-order valence-corrected chi connectivity index (χ3v) is 2.94. The monoisotopic (exact) mass is 272 g/mol. The maximum Gasteiger partial charge on any atom is 0.336 e. The molecule has 2 aromatic rings. The number of carbonyl (C=O) groups is 4. The number of rotatable bonds is 4. The first kappa shape index (κ1) is 13.4. The normalized spacial score (nSPS) is 10.2. The molecule has 0 bridgehead atoms. The average Bonchev–Trinajstić information content (AvgIpc) is 2.44. The molecule has 2 aromatic carbocycles. The van der Waals surface area contributed by atoms with Gasteiger partial charge in [0.2, 0.25) is 0 Å². The second-order valence-corrected chi connectivity index (χ2v) is 4.00. The van der Waals surface area contributed by atoms with Crippen molar-refractivity contribution in [1.82, 2.24) is 0 Å². The Morgan fingerprint density at radius 1 is 0.750 bits per heavy atom. The summed E-state index contributed by atoms with van der Waals surface area (Å²) in [7, 11) is 0. The van der Waals surface area contributed by atoms with Crippen LogP contribution in [-0.4, -0.2) is 34.7 Å². The number of fused-ring (bicyclic) bond motifs is 1. The fraction of sp³-hybridized carbons (Fsp3) is 0. The van der Waals surface area contributed by atoms with E-state index in [1.54, 1.807) is 0 Å². The molecule has 0 radical (unpaired) electrons. The van der Waals surface area contributed by atoms with Crippen molar-refractivity contribution in [3.63, 3.8) is 0 Å². The van der Waals surface area contributed by atoms with Gasteiger partial charge in [-0.25, -0.2) is 9.59 Å². The maximum atomic E-state index is 11.2. The highest BCUT2D eigenvalue weighted by Crippen LogP contribution is 2.28. The van der Waals surface area contributed by atoms with E-state index in [2.05, 4.69) is 0 Å². The second kappa shape index (κ2) is 4.93. The van der Waals surface area contributed by atoms with Gasteiger partial charge in [-0.3, -0.25) is 9.59 Å². The molecule has 0 aliphatic rings. The summed E-state index contributed by atoms with van der Waals surface area (Å²) in [6.07, 6.45) is 0.851. The van der Waals surface area contributed by atoms with E-state index >= 15 is 0 Å². The summed E-state index contributed by atoms with van der Waals surface area (Å²) in [5.41, 5.74) is -0.413. The molecule has 0 heterocycles. The predicted molar refractivity (Wildman–Crippen MR) is 68.6 cm³/mol. The summed E-state index contributed by atoms with van der Waals surface area (Å²) in [4.78, 5) is 44.5. The molecule has 0 aliphatic carbocycles. The Hall–Kier alpha value is -3.02. The third-order valence-electron chi connectivity index (χ3n) is 2.94. The zero-order chi connectivity index (χ0) is 14.9. The Morgan fingerprint density at radius 3 is 1.35 bits per heavy atom. The SMILES string of the molecule is O=Cc1ccc(C(=O)O)c2c(C=O)ccc(C(=O)O)c12. The maximum absolute atomic E-state index is 11.2. The number of carboxylic acids is 2. The van der Waals surface area contributed by atoms with E-state index in [9.17, 15) is 19.2 Å². The molecule has 0 aromatic heterocycles. The zero-order valence-corrected chi connectivity index (χ0v) is 9.99. The van der Waals surface area contributed by atoms with Gasteiger partial charge in [0.15, 0.2) is 12.6 Å². The minimum atomic E-state index is -1.31. The fourth-order valence-electron chi connectivity index (χ4n) is 2.10. The Kier molecular flexibility index (Phi) is 3.30. The average molecular weight is 272 g/mol. The molecule has 2 rings (SSSR count). The van der Waals surface area contributed by atoms with Crippen LogP contribution in [0.1, 0.15) is 41.4 Å². The van der Waals surface area contributed by atoms with Crippen molar-refractivity contribution in [2.24, 2.45) is 0 Å². The molecule has 100 valence electrons. The third kappa shape index (κ3) is 1.93. The number of aldehydes is 2. The van der Waals surface area contributed by atoms with Crippen LogP contribution in [0.4, 0.5) is 0 Å². The van der Waals surface area contributed by atoms with Crippen molar-refractivity contribution in [3.8, 4) is 0 Å². The molecule has 0 spiro atoms. The van der Waals surface area contributed by atoms with E-state index in [1.165, 1.54) is 24.3 Å². The van der Waals surface area contributed by atoms with E-state index in [0.717, 1.165) is 0 Å². The summed E-state index contributed by atoms with van der Waals surface area (Å²) < 4.78 is 0. The summed E-state index contributed by atoms with van der Waals surface area (Å²) in [6, 6.07) is 4.79. The molecule has 0 fully saturated rings. The quantitative estimate of drug-likeness (QED) is 0.822. The van der Waals surface area contributed by atoms with Gasteiger partial charge >= 0.3 is 11.9 Å². The standard InChI is InChI=1S/C14H8O6/c15-5-7-1-3-9(13(17)18)12-8(6-16)2-4-10(11(7)12)14(19)20/h1-6H,(H,17,18)(H,19,20). The molecule has 20 heavy (non-hydrogen) atoms. The minimum Gasteiger partial charge on any atom is -0.478 e. The zero-order valence-electron chi connectivity index (χ0n) is 9.99. The largest absolute Gasteiger partial charge is 0.478 e. The molecule has 0 saturated heterocycles. The summed E-state index contributed by atoms with van der Waals surface area (Å²) >= 11 is 0. The van der Waals surface area contributed by atoms with Crippen molar-refractivity contribution in [2.45, 2.75) is 0 Å². The lowest BCUT2D eigenvalue weighted by Gasteiger charge is -2.10. The highest BCUT2D eigenvalue weighted by molar-refractivity contribution is 6.19. The minimum absolute atomic E-state index is 0.0195. The van der Waals surface area contributed by atoms with Crippen molar-refractivity contribution < 1.29 is 29.4 Å². The van der Waals surface area contributed by atoms with Crippen LogP contribution in [0.25, 0.3) is 10.8 Å². The van der Waals surface area contributed by atoms with Gasteiger partial charge in [-0.05, 0) is 12.1 Å². The first-order valence-electron chi connectivity index (χ1n) is 5.48. The highest BCUT2D eigenvalue weighted by atomic mass is 16.4. The van der Waals surface area contributed by atoms with E-state index in [4.69, 9.17) is 10.2 Å². The van der Waals surface area contributed by atoms with Gasteiger partial charge in [0.05, 0.1) is 11.1 Å². The van der Waals surface area contributed by atoms with E-state index < -0.39 is 11.9 Å². The van der Waals surface area contributed by atoms with Gasteiger partial charge in [-0.1, -0.05) is 12.1 Å². The van der Waals surface area contributed by atoms with Crippen LogP contribution in [-0.2, 0) is 0 Å². The summed E-state index contributed by atoms with van der Waals surface area (Å²) in [6.45, 7) is 0. The van der Waals surface area contributed by atoms with Crippen LogP contribution in [0.5, 0.6) is 0 Å². The predicted octanol–water partition coefficient (Wildman–Crippen LogP) is 1.86. The number of carbonyl (C=O) groups excluding carboxylic acids is 2. The Balaban J connectivity index is 3.12. The highest BCUT2D eigenvalue weighted by Gasteiger charge is 2.20. The first-order chi connectivity index (χ1) is 9.51. The number of aromatic carboxylic acids is 2. The number of hydrogen-bond donors (Lipinski definition) is 2. The molecule has 0 aliphatic heterocycles. The molecule has 0 atom stereocenters. The van der Waals surface area contributed by atoms with Gasteiger partial charge in [0.1, 0.15) is 0 Å². The van der Waals surface area contributed by atoms with Crippen LogP contribution in [0.15, 0.2) is 24.3 Å². The summed E-state index contributed by atoms with van der Waals surface area (Å²) in [5.74, 6) is -2.61. The van der Waals surface area contributed by atoms with Gasteiger partial charge < -0.3 is 10.2 Å². The number of carboxylic acid groups (broad SMARTS) is 2. The lowest BCUT2D eigenvalue weighted by atomic mass is 9.92. The van der Waals surface area contributed by atoms with Crippen molar-refractivity contribution in [2.75, 3.05) is 0 Å². The lowest BCUT2D eigenvalue weighted by molar-refractivity contribution is 0.0686. The van der Waals surface area contributed by atoms with Crippen LogP contribution >= 0.6 is 0 Å². The van der Waals surface area contributed by atoms with Crippen molar-refractivity contribution in [3.05, 3.63) is 46.5 Å². The number of benzene rings is 2. The Morgan fingerprint density at radius 2 is 1.10 bits per heavy atom. The summed E-state index contributed by atoms with van der Waals surface area (Å²) in [5, 5.41) is 18.2. The van der Waals surface area contributed by atoms with Crippen LogP contribution in [0, 0.1) is 0 Å². The van der Waals surface area contributed by atoms with E-state index in [-0.39, 0.29) is 33.0 Å². The van der Waals surface area contributed by atoms with Crippen LogP contribution in [0.3, 0.4) is 0 Å². The molecule has 0 unspecified atom stereocenters. The molecule has 0 amide bonds. The Bertz CT molecular complexity index is 695.